The van der Waals surface area contributed by atoms with Gasteiger partial charge in [0.15, 0.2) is 6.61 Å². The van der Waals surface area contributed by atoms with E-state index >= 15 is 0 Å². The molecule has 0 atom stereocenters. The number of rotatable bonds is 9. The molecule has 1 fully saturated rings. The Morgan fingerprint density at radius 1 is 1.00 bits per heavy atom. The predicted molar refractivity (Wildman–Crippen MR) is 131 cm³/mol. The van der Waals surface area contributed by atoms with E-state index in [0.717, 1.165) is 27.7 Å². The highest BCUT2D eigenvalue weighted by molar-refractivity contribution is 6.03. The Morgan fingerprint density at radius 3 is 2.39 bits per heavy atom. The predicted octanol–water partition coefficient (Wildman–Crippen LogP) is 3.58. The highest BCUT2D eigenvalue weighted by Gasteiger charge is 2.29. The first-order valence-corrected chi connectivity index (χ1v) is 11.6. The van der Waals surface area contributed by atoms with E-state index in [-0.39, 0.29) is 30.3 Å². The molecule has 3 amide bonds. The second kappa shape index (κ2) is 10.5. The Balaban J connectivity index is 1.46. The zero-order valence-electron chi connectivity index (χ0n) is 20.4. The van der Waals surface area contributed by atoms with Crippen LogP contribution in [0.1, 0.15) is 44.6 Å². The topological polar surface area (TPSA) is 107 Å². The summed E-state index contributed by atoms with van der Waals surface area (Å²) in [4.78, 5) is 50.6. The van der Waals surface area contributed by atoms with Crippen molar-refractivity contribution in [3.63, 3.8) is 0 Å². The van der Waals surface area contributed by atoms with Gasteiger partial charge in [0.25, 0.3) is 0 Å². The summed E-state index contributed by atoms with van der Waals surface area (Å²) in [6.45, 7) is 5.66. The molecule has 0 radical (unpaired) electrons. The molecule has 1 aliphatic heterocycles. The summed E-state index contributed by atoms with van der Waals surface area (Å²) in [6, 6.07) is 15.4. The summed E-state index contributed by atoms with van der Waals surface area (Å²) in [6.07, 6.45) is 0. The maximum Gasteiger partial charge on any atom is 0.338 e. The van der Waals surface area contributed by atoms with Crippen LogP contribution in [0.5, 0.6) is 5.75 Å². The molecule has 0 saturated carbocycles. The third kappa shape index (κ3) is 5.00. The van der Waals surface area contributed by atoms with Crippen LogP contribution in [0.15, 0.2) is 54.6 Å². The molecule has 1 aromatic heterocycles. The van der Waals surface area contributed by atoms with E-state index in [0.29, 0.717) is 17.7 Å². The SMILES string of the molecule is CCOc1ccc(-n2c(C)cc(C(=O)COC(=O)c3ccccc3CN3C(=O)CNC3=O)c2C)cc1. The van der Waals surface area contributed by atoms with Crippen molar-refractivity contribution in [2.24, 2.45) is 0 Å². The number of aryl methyl sites for hydroxylation is 1. The number of nitrogens with zero attached hydrogens (tertiary/aromatic N) is 2. The lowest BCUT2D eigenvalue weighted by Gasteiger charge is -2.15. The Bertz CT molecular complexity index is 1310. The van der Waals surface area contributed by atoms with Crippen molar-refractivity contribution in [1.82, 2.24) is 14.8 Å². The molecule has 3 aromatic rings. The van der Waals surface area contributed by atoms with Crippen LogP contribution in [0.2, 0.25) is 0 Å². The van der Waals surface area contributed by atoms with Crippen molar-refractivity contribution in [2.45, 2.75) is 27.3 Å². The Labute approximate surface area is 208 Å². The van der Waals surface area contributed by atoms with Gasteiger partial charge in [-0.2, -0.15) is 0 Å². The Kier molecular flexibility index (Phi) is 7.19. The largest absolute Gasteiger partial charge is 0.494 e. The van der Waals surface area contributed by atoms with Gasteiger partial charge in [0.2, 0.25) is 11.7 Å². The number of Topliss-reactive ketones (excluding diaryl/α,β-unsaturated/α-hetero) is 1. The number of imide groups is 1. The first kappa shape index (κ1) is 24.7. The minimum absolute atomic E-state index is 0.0624. The normalized spacial score (nSPS) is 13.0. The highest BCUT2D eigenvalue weighted by Crippen LogP contribution is 2.24. The number of carbonyl (C=O) groups is 4. The molecule has 9 nitrogen and oxygen atoms in total. The molecular weight excluding hydrogens is 462 g/mol. The molecule has 2 heterocycles. The summed E-state index contributed by atoms with van der Waals surface area (Å²) in [5, 5.41) is 2.45. The second-order valence-electron chi connectivity index (χ2n) is 8.34. The molecule has 1 aliphatic rings. The number of esters is 1. The average molecular weight is 490 g/mol. The van der Waals surface area contributed by atoms with Gasteiger partial charge in [0.05, 0.1) is 25.3 Å². The number of benzene rings is 2. The summed E-state index contributed by atoms with van der Waals surface area (Å²) in [5.41, 5.74) is 3.59. The zero-order valence-corrected chi connectivity index (χ0v) is 20.4. The number of ether oxygens (including phenoxy) is 2. The van der Waals surface area contributed by atoms with Gasteiger partial charge in [0, 0.05) is 22.6 Å². The number of ketones is 1. The van der Waals surface area contributed by atoms with Crippen LogP contribution in [0.4, 0.5) is 4.79 Å². The van der Waals surface area contributed by atoms with Crippen molar-refractivity contribution in [3.8, 4) is 11.4 Å². The van der Waals surface area contributed by atoms with Crippen LogP contribution < -0.4 is 10.1 Å². The molecule has 1 saturated heterocycles. The van der Waals surface area contributed by atoms with Gasteiger partial charge in [-0.05, 0) is 62.7 Å². The fourth-order valence-corrected chi connectivity index (χ4v) is 4.23. The molecule has 0 spiro atoms. The number of aromatic nitrogens is 1. The number of hydrogen-bond acceptors (Lipinski definition) is 6. The molecule has 36 heavy (non-hydrogen) atoms. The van der Waals surface area contributed by atoms with Crippen LogP contribution in [-0.2, 0) is 16.1 Å². The minimum Gasteiger partial charge on any atom is -0.494 e. The summed E-state index contributed by atoms with van der Waals surface area (Å²) in [7, 11) is 0. The van der Waals surface area contributed by atoms with E-state index in [4.69, 9.17) is 9.47 Å². The lowest BCUT2D eigenvalue weighted by molar-refractivity contribution is -0.125. The maximum atomic E-state index is 13.0. The van der Waals surface area contributed by atoms with Gasteiger partial charge in [-0.1, -0.05) is 18.2 Å². The second-order valence-corrected chi connectivity index (χ2v) is 8.34. The highest BCUT2D eigenvalue weighted by atomic mass is 16.5. The standard InChI is InChI=1S/C27H27N3O6/c1-4-35-21-11-9-20(10-12-21)30-17(2)13-23(18(30)3)24(31)16-36-26(33)22-8-6-5-7-19(22)15-29-25(32)14-28-27(29)34/h5-13H,4,14-16H2,1-3H3,(H,28,34). The van der Waals surface area contributed by atoms with Gasteiger partial charge in [-0.25, -0.2) is 9.59 Å². The van der Waals surface area contributed by atoms with E-state index in [2.05, 4.69) is 5.32 Å². The van der Waals surface area contributed by atoms with Crippen molar-refractivity contribution in [3.05, 3.63) is 82.7 Å². The molecule has 0 bridgehead atoms. The fourth-order valence-electron chi connectivity index (χ4n) is 4.23. The molecule has 186 valence electrons. The van der Waals surface area contributed by atoms with Crippen molar-refractivity contribution < 1.29 is 28.7 Å². The summed E-state index contributed by atoms with van der Waals surface area (Å²) in [5.74, 6) is -0.644. The van der Waals surface area contributed by atoms with Gasteiger partial charge < -0.3 is 19.4 Å². The number of carbonyl (C=O) groups excluding carboxylic acids is 4. The van der Waals surface area contributed by atoms with Gasteiger partial charge in [0.1, 0.15) is 5.75 Å². The monoisotopic (exact) mass is 489 g/mol. The first-order valence-electron chi connectivity index (χ1n) is 11.6. The van der Waals surface area contributed by atoms with Gasteiger partial charge in [-0.15, -0.1) is 0 Å². The number of amides is 3. The molecule has 0 aliphatic carbocycles. The molecule has 9 heteroatoms. The number of nitrogens with one attached hydrogen (secondary N) is 1. The number of urea groups is 1. The van der Waals surface area contributed by atoms with Crippen LogP contribution in [0, 0.1) is 13.8 Å². The maximum absolute atomic E-state index is 13.0. The summed E-state index contributed by atoms with van der Waals surface area (Å²) < 4.78 is 12.8. The van der Waals surface area contributed by atoms with Gasteiger partial charge >= 0.3 is 12.0 Å². The van der Waals surface area contributed by atoms with E-state index in [9.17, 15) is 19.2 Å². The first-order chi connectivity index (χ1) is 17.3. The lowest BCUT2D eigenvalue weighted by atomic mass is 10.1. The van der Waals surface area contributed by atoms with Crippen molar-refractivity contribution in [2.75, 3.05) is 19.8 Å². The molecule has 1 N–H and O–H groups in total. The van der Waals surface area contributed by atoms with Crippen molar-refractivity contribution in [1.29, 1.82) is 0 Å². The quantitative estimate of drug-likeness (QED) is 0.280. The number of hydrogen-bond donors (Lipinski definition) is 1. The van der Waals surface area contributed by atoms with Crippen LogP contribution in [0.25, 0.3) is 5.69 Å². The fraction of sp³-hybridized carbons (Fsp3) is 0.259. The summed E-state index contributed by atoms with van der Waals surface area (Å²) >= 11 is 0. The van der Waals surface area contributed by atoms with Crippen LogP contribution in [-0.4, -0.2) is 52.9 Å². The molecule has 2 aromatic carbocycles. The van der Waals surface area contributed by atoms with Crippen LogP contribution >= 0.6 is 0 Å². The molecule has 4 rings (SSSR count). The average Bonchev–Trinajstić information content (AvgIpc) is 3.35. The lowest BCUT2D eigenvalue weighted by Crippen LogP contribution is -2.31. The Morgan fingerprint density at radius 2 is 1.72 bits per heavy atom. The van der Waals surface area contributed by atoms with Crippen LogP contribution in [0.3, 0.4) is 0 Å². The van der Waals surface area contributed by atoms with E-state index in [1.807, 2.05) is 49.6 Å². The molecular formula is C27H27N3O6. The Hall–Kier alpha value is -4.40. The zero-order chi connectivity index (χ0) is 25.8. The van der Waals surface area contributed by atoms with Crippen molar-refractivity contribution >= 4 is 23.7 Å². The third-order valence-electron chi connectivity index (χ3n) is 5.97. The smallest absolute Gasteiger partial charge is 0.338 e. The minimum atomic E-state index is -0.702. The van der Waals surface area contributed by atoms with E-state index < -0.39 is 18.6 Å². The van der Waals surface area contributed by atoms with E-state index in [1.54, 1.807) is 30.3 Å². The van der Waals surface area contributed by atoms with E-state index in [1.165, 1.54) is 0 Å². The van der Waals surface area contributed by atoms with Gasteiger partial charge in [-0.3, -0.25) is 14.5 Å². The third-order valence-corrected chi connectivity index (χ3v) is 5.97. The molecule has 0 unspecified atom stereocenters.